The molecule has 0 bridgehead atoms. The number of rotatable bonds is 1. The van der Waals surface area contributed by atoms with E-state index >= 15 is 0 Å². The van der Waals surface area contributed by atoms with Crippen molar-refractivity contribution in [3.8, 4) is 6.07 Å². The monoisotopic (exact) mass is 167 g/mol. The van der Waals surface area contributed by atoms with Crippen LogP contribution < -0.4 is 0 Å². The molecule has 3 heteroatoms. The molecule has 12 heavy (non-hydrogen) atoms. The van der Waals surface area contributed by atoms with E-state index in [9.17, 15) is 4.79 Å². The number of nitriles is 1. The Kier molecular flexibility index (Phi) is 3.09. The highest BCUT2D eigenvalue weighted by molar-refractivity contribution is 5.66. The Morgan fingerprint density at radius 3 is 2.75 bits per heavy atom. The molecule has 0 spiro atoms. The van der Waals surface area contributed by atoms with Gasteiger partial charge in [-0.15, -0.1) is 0 Å². The standard InChI is InChI=1S/C9H13NO2/c1-7(11)12-9-5-3-2-4-8(9)6-10/h8-9H,2-5H2,1H3/t8-,9+/m0/s1. The minimum atomic E-state index is -0.276. The predicted octanol–water partition coefficient (Wildman–Crippen LogP) is 1.63. The largest absolute Gasteiger partial charge is 0.461 e. The zero-order valence-corrected chi connectivity index (χ0v) is 7.25. The van der Waals surface area contributed by atoms with Crippen LogP contribution in [0.5, 0.6) is 0 Å². The van der Waals surface area contributed by atoms with Crippen molar-refractivity contribution >= 4 is 5.97 Å². The van der Waals surface area contributed by atoms with E-state index in [1.165, 1.54) is 6.92 Å². The minimum Gasteiger partial charge on any atom is -0.461 e. The first-order valence-electron chi connectivity index (χ1n) is 4.31. The normalized spacial score (nSPS) is 29.0. The quantitative estimate of drug-likeness (QED) is 0.558. The first kappa shape index (κ1) is 9.05. The lowest BCUT2D eigenvalue weighted by Crippen LogP contribution is -2.28. The third-order valence-corrected chi connectivity index (χ3v) is 2.19. The van der Waals surface area contributed by atoms with Crippen LogP contribution in [0.4, 0.5) is 0 Å². The van der Waals surface area contributed by atoms with E-state index in [1.54, 1.807) is 0 Å². The molecule has 0 aromatic rings. The molecular formula is C9H13NO2. The van der Waals surface area contributed by atoms with Crippen molar-refractivity contribution in [2.75, 3.05) is 0 Å². The maximum atomic E-state index is 10.6. The highest BCUT2D eigenvalue weighted by Crippen LogP contribution is 2.26. The molecule has 0 N–H and O–H groups in total. The van der Waals surface area contributed by atoms with E-state index < -0.39 is 0 Å². The molecule has 1 fully saturated rings. The Balaban J connectivity index is 2.48. The SMILES string of the molecule is CC(=O)O[C@@H]1CCCC[C@H]1C#N. The van der Waals surface area contributed by atoms with Gasteiger partial charge < -0.3 is 4.74 Å². The van der Waals surface area contributed by atoms with Gasteiger partial charge >= 0.3 is 5.97 Å². The summed E-state index contributed by atoms with van der Waals surface area (Å²) in [6, 6.07) is 2.18. The molecule has 1 saturated carbocycles. The number of carbonyl (C=O) groups excluding carboxylic acids is 1. The summed E-state index contributed by atoms with van der Waals surface area (Å²) in [4.78, 5) is 10.6. The highest BCUT2D eigenvalue weighted by atomic mass is 16.5. The van der Waals surface area contributed by atoms with Crippen molar-refractivity contribution in [2.24, 2.45) is 5.92 Å². The van der Waals surface area contributed by atoms with Crippen molar-refractivity contribution in [2.45, 2.75) is 38.7 Å². The van der Waals surface area contributed by atoms with Gasteiger partial charge in [0.25, 0.3) is 0 Å². The van der Waals surface area contributed by atoms with Gasteiger partial charge in [0.2, 0.25) is 0 Å². The number of hydrogen-bond donors (Lipinski definition) is 0. The average molecular weight is 167 g/mol. The molecule has 1 aliphatic rings. The molecule has 3 nitrogen and oxygen atoms in total. The smallest absolute Gasteiger partial charge is 0.302 e. The average Bonchev–Trinajstić information content (AvgIpc) is 2.04. The summed E-state index contributed by atoms with van der Waals surface area (Å²) >= 11 is 0. The molecule has 0 aliphatic heterocycles. The van der Waals surface area contributed by atoms with Crippen molar-refractivity contribution in [3.05, 3.63) is 0 Å². The van der Waals surface area contributed by atoms with E-state index in [2.05, 4.69) is 6.07 Å². The molecule has 1 aliphatic carbocycles. The van der Waals surface area contributed by atoms with Crippen LogP contribution in [0, 0.1) is 17.2 Å². The van der Waals surface area contributed by atoms with E-state index in [0.29, 0.717) is 0 Å². The van der Waals surface area contributed by atoms with Crippen LogP contribution in [0.2, 0.25) is 0 Å². The second-order valence-corrected chi connectivity index (χ2v) is 3.17. The van der Waals surface area contributed by atoms with E-state index in [0.717, 1.165) is 25.7 Å². The summed E-state index contributed by atoms with van der Waals surface area (Å²) in [5.41, 5.74) is 0. The van der Waals surface area contributed by atoms with Gasteiger partial charge in [-0.25, -0.2) is 0 Å². The number of nitrogens with zero attached hydrogens (tertiary/aromatic N) is 1. The van der Waals surface area contributed by atoms with Gasteiger partial charge in [-0.2, -0.15) is 5.26 Å². The Hall–Kier alpha value is -1.04. The fourth-order valence-electron chi connectivity index (χ4n) is 1.60. The van der Waals surface area contributed by atoms with Crippen LogP contribution in [-0.2, 0) is 9.53 Å². The summed E-state index contributed by atoms with van der Waals surface area (Å²) in [5, 5.41) is 8.73. The predicted molar refractivity (Wildman–Crippen MR) is 43.1 cm³/mol. The maximum absolute atomic E-state index is 10.6. The molecular weight excluding hydrogens is 154 g/mol. The molecule has 0 unspecified atom stereocenters. The fourth-order valence-corrected chi connectivity index (χ4v) is 1.60. The molecule has 0 radical (unpaired) electrons. The number of ether oxygens (including phenoxy) is 1. The Morgan fingerprint density at radius 2 is 2.17 bits per heavy atom. The molecule has 0 heterocycles. The van der Waals surface area contributed by atoms with Crippen molar-refractivity contribution < 1.29 is 9.53 Å². The van der Waals surface area contributed by atoms with E-state index in [-0.39, 0.29) is 18.0 Å². The number of hydrogen-bond acceptors (Lipinski definition) is 3. The van der Waals surface area contributed by atoms with E-state index in [1.807, 2.05) is 0 Å². The van der Waals surface area contributed by atoms with Gasteiger partial charge in [-0.1, -0.05) is 6.42 Å². The topological polar surface area (TPSA) is 50.1 Å². The lowest BCUT2D eigenvalue weighted by molar-refractivity contribution is -0.149. The lowest BCUT2D eigenvalue weighted by atomic mass is 9.87. The summed E-state index contributed by atoms with van der Waals surface area (Å²) in [7, 11) is 0. The van der Waals surface area contributed by atoms with Crippen LogP contribution in [0.1, 0.15) is 32.6 Å². The second-order valence-electron chi connectivity index (χ2n) is 3.17. The van der Waals surface area contributed by atoms with Gasteiger partial charge in [0, 0.05) is 6.92 Å². The molecule has 0 aromatic carbocycles. The van der Waals surface area contributed by atoms with Crippen molar-refractivity contribution in [3.63, 3.8) is 0 Å². The van der Waals surface area contributed by atoms with Gasteiger partial charge in [0.15, 0.2) is 0 Å². The zero-order chi connectivity index (χ0) is 8.97. The summed E-state index contributed by atoms with van der Waals surface area (Å²) in [5.74, 6) is -0.357. The third kappa shape index (κ3) is 2.23. The van der Waals surface area contributed by atoms with Gasteiger partial charge in [-0.3, -0.25) is 4.79 Å². The minimum absolute atomic E-state index is 0.0809. The molecule has 0 aromatic heterocycles. The molecule has 66 valence electrons. The van der Waals surface area contributed by atoms with Crippen LogP contribution in [0.25, 0.3) is 0 Å². The molecule has 0 saturated heterocycles. The van der Waals surface area contributed by atoms with Crippen molar-refractivity contribution in [1.29, 1.82) is 5.26 Å². The van der Waals surface area contributed by atoms with Gasteiger partial charge in [0.1, 0.15) is 6.10 Å². The zero-order valence-electron chi connectivity index (χ0n) is 7.25. The van der Waals surface area contributed by atoms with Crippen LogP contribution in [0.3, 0.4) is 0 Å². The molecule has 2 atom stereocenters. The summed E-state index contributed by atoms with van der Waals surface area (Å²) in [6.07, 6.45) is 3.71. The first-order valence-corrected chi connectivity index (χ1v) is 4.31. The van der Waals surface area contributed by atoms with E-state index in [4.69, 9.17) is 10.00 Å². The van der Waals surface area contributed by atoms with Gasteiger partial charge in [0.05, 0.1) is 12.0 Å². The maximum Gasteiger partial charge on any atom is 0.302 e. The number of carbonyl (C=O) groups is 1. The second kappa shape index (κ2) is 4.10. The molecule has 0 amide bonds. The summed E-state index contributed by atoms with van der Waals surface area (Å²) < 4.78 is 5.03. The third-order valence-electron chi connectivity index (χ3n) is 2.19. The van der Waals surface area contributed by atoms with Crippen LogP contribution in [-0.4, -0.2) is 12.1 Å². The lowest BCUT2D eigenvalue weighted by Gasteiger charge is -2.25. The Morgan fingerprint density at radius 1 is 1.50 bits per heavy atom. The Bertz CT molecular complexity index is 207. The fraction of sp³-hybridized carbons (Fsp3) is 0.778. The highest BCUT2D eigenvalue weighted by Gasteiger charge is 2.26. The first-order chi connectivity index (χ1) is 5.74. The Labute approximate surface area is 72.3 Å². The van der Waals surface area contributed by atoms with Crippen LogP contribution >= 0.6 is 0 Å². The number of esters is 1. The van der Waals surface area contributed by atoms with Crippen molar-refractivity contribution in [1.82, 2.24) is 0 Å². The summed E-state index contributed by atoms with van der Waals surface area (Å²) in [6.45, 7) is 1.39. The van der Waals surface area contributed by atoms with Gasteiger partial charge in [-0.05, 0) is 19.3 Å². The van der Waals surface area contributed by atoms with Crippen LogP contribution in [0.15, 0.2) is 0 Å². The molecule has 1 rings (SSSR count).